The zero-order valence-corrected chi connectivity index (χ0v) is 48.8. The zero-order chi connectivity index (χ0) is 68.8. The van der Waals surface area contributed by atoms with Gasteiger partial charge in [-0.1, -0.05) is 0 Å². The van der Waals surface area contributed by atoms with Gasteiger partial charge in [0.2, 0.25) is 27.6 Å². The third-order valence-electron chi connectivity index (χ3n) is 10.3. The van der Waals surface area contributed by atoms with Gasteiger partial charge < -0.3 is 81.7 Å². The number of hydrogen-bond donors (Lipinski definition) is 5. The van der Waals surface area contributed by atoms with E-state index in [1.807, 2.05) is 0 Å². The van der Waals surface area contributed by atoms with Crippen LogP contribution in [0.25, 0.3) is 44.6 Å². The summed E-state index contributed by atoms with van der Waals surface area (Å²) in [5.74, 6) is -14.3. The quantitative estimate of drug-likeness (QED) is 0.0259. The molecule has 0 aliphatic rings. The Morgan fingerprint density at radius 2 is 0.772 bits per heavy atom. The number of rotatable bonds is 18. The molecular weight excluding hydrogens is 1250 g/mol. The molecule has 480 valence electrons. The third kappa shape index (κ3) is 23.7. The number of aliphatic carboxylic acids is 1. The van der Waals surface area contributed by atoms with Crippen LogP contribution in [-0.4, -0.2) is 139 Å². The smallest absolute Gasteiger partial charge is 0.336 e. The molecule has 0 saturated carbocycles. The molecule has 92 heavy (non-hydrogen) atoms. The van der Waals surface area contributed by atoms with Gasteiger partial charge in [0.25, 0.3) is 0 Å². The van der Waals surface area contributed by atoms with E-state index in [0.29, 0.717) is 42.0 Å². The van der Waals surface area contributed by atoms with Crippen LogP contribution >= 0.6 is 11.6 Å². The average molecular weight is 1300 g/mol. The highest BCUT2D eigenvalue weighted by atomic mass is 35.5. The van der Waals surface area contributed by atoms with Crippen molar-refractivity contribution in [2.24, 2.45) is 0 Å². The van der Waals surface area contributed by atoms with Crippen LogP contribution in [0.4, 0.5) is 0 Å². The van der Waals surface area contributed by atoms with Gasteiger partial charge in [0.1, 0.15) is 56.4 Å². The lowest BCUT2D eigenvalue weighted by Gasteiger charge is -2.13. The van der Waals surface area contributed by atoms with Crippen molar-refractivity contribution in [3.8, 4) is 68.6 Å². The lowest BCUT2D eigenvalue weighted by molar-refractivity contribution is -0.136. The Bertz CT molecular complexity index is 4080. The van der Waals surface area contributed by atoms with Gasteiger partial charge in [-0.05, 0) is 60.1 Å². The van der Waals surface area contributed by atoms with Crippen LogP contribution in [0.3, 0.4) is 0 Å². The third-order valence-corrected chi connectivity index (χ3v) is 10.4. The molecule has 0 atom stereocenters. The van der Waals surface area contributed by atoms with Crippen LogP contribution in [0, 0.1) is 0 Å². The normalized spacial score (nSPS) is 10.7. The number of hydrogen-bond acceptors (Lipinski definition) is 30. The first-order valence-corrected chi connectivity index (χ1v) is 25.1. The summed E-state index contributed by atoms with van der Waals surface area (Å²) in [5.41, 5.74) is -2.02. The molecule has 0 saturated heterocycles. The van der Waals surface area contributed by atoms with Crippen LogP contribution < -0.4 is 29.8 Å². The second kappa shape index (κ2) is 36.3. The van der Waals surface area contributed by atoms with Gasteiger partial charge >= 0.3 is 65.7 Å². The molecule has 0 bridgehead atoms. The molecule has 4 aromatic carbocycles. The summed E-state index contributed by atoms with van der Waals surface area (Å²) in [7, 11) is 6.67. The van der Waals surface area contributed by atoms with E-state index in [9.17, 15) is 87.5 Å². The van der Waals surface area contributed by atoms with Gasteiger partial charge in [0.05, 0.1) is 42.7 Å². The fraction of sp³-hybridized carbons (Fsp3) is 0.100. The number of carbonyl (C=O) groups excluding carboxylic acids is 11. The van der Waals surface area contributed by atoms with Crippen LogP contribution in [0.15, 0.2) is 164 Å². The highest BCUT2D eigenvalue weighted by molar-refractivity contribution is 6.66. The molecular formula is C60H47ClO31. The molecule has 6 aromatic rings. The highest BCUT2D eigenvalue weighted by Crippen LogP contribution is 2.38. The molecule has 0 unspecified atom stereocenters. The molecule has 0 aliphatic carbocycles. The Hall–Kier alpha value is -12.9. The second-order valence-corrected chi connectivity index (χ2v) is 16.7. The molecule has 2 heterocycles. The highest BCUT2D eigenvalue weighted by Gasteiger charge is 2.26. The molecule has 31 nitrogen and oxygen atoms in total. The fourth-order valence-electron chi connectivity index (χ4n) is 6.23. The summed E-state index contributed by atoms with van der Waals surface area (Å²) in [4.78, 5) is 162. The number of ether oxygens (including phenoxy) is 10. The number of carbonyl (C=O) groups is 12. The number of carboxylic acids is 1. The monoisotopic (exact) mass is 1300 g/mol. The summed E-state index contributed by atoms with van der Waals surface area (Å²) in [6, 6.07) is 14.8. The first-order valence-electron chi connectivity index (χ1n) is 24.7. The number of allylic oxidation sites excluding steroid dienone is 1. The number of carboxylic acid groups (broad SMARTS) is 1. The first-order chi connectivity index (χ1) is 43.6. The van der Waals surface area contributed by atoms with Crippen molar-refractivity contribution >= 4 is 104 Å². The minimum Gasteiger partial charge on any atom is -0.508 e. The van der Waals surface area contributed by atoms with E-state index < -0.39 is 121 Å². The van der Waals surface area contributed by atoms with E-state index in [4.69, 9.17) is 44.5 Å². The summed E-state index contributed by atoms with van der Waals surface area (Å²) >= 11 is 4.85. The molecule has 5 N–H and O–H groups in total. The number of methoxy groups -OCH3 is 6. The summed E-state index contributed by atoms with van der Waals surface area (Å²) in [6.07, 6.45) is 9.26. The SMILES string of the molecule is COC(=O)/C=C/C(=O)Cl.COC(=O)/C=C/C(=O)O.COC(=O)/C=C/C(=O)Oc1ccc(-c2oc3cc(OC(=O)/C=C/C(=O)OC)cc(OC(=O)/C=C/C(=O)OC)c3c(=O)c2OC(=O)/C=C/C(=O)OC)cc1.O=c1c(O)c(-c2ccc(O)cc2)oc2cc(O)cc(O)c12. The van der Waals surface area contributed by atoms with E-state index >= 15 is 0 Å². The maximum atomic E-state index is 14.1. The molecule has 2 aromatic heterocycles. The van der Waals surface area contributed by atoms with Gasteiger partial charge in [-0.2, -0.15) is 0 Å². The maximum Gasteiger partial charge on any atom is 0.336 e. The van der Waals surface area contributed by atoms with Gasteiger partial charge in [0, 0.05) is 108 Å². The van der Waals surface area contributed by atoms with E-state index in [-0.39, 0.29) is 45.3 Å². The first kappa shape index (κ1) is 73.3. The van der Waals surface area contributed by atoms with Gasteiger partial charge in [-0.3, -0.25) is 14.4 Å². The lowest BCUT2D eigenvalue weighted by Crippen LogP contribution is -2.16. The Balaban J connectivity index is 0.000000453. The van der Waals surface area contributed by atoms with Crippen LogP contribution in [0.1, 0.15) is 0 Å². The van der Waals surface area contributed by atoms with Crippen molar-refractivity contribution in [2.45, 2.75) is 0 Å². The van der Waals surface area contributed by atoms with Gasteiger partial charge in [-0.25, -0.2) is 52.7 Å². The average Bonchev–Trinajstić information content (AvgIpc) is 0.938. The molecule has 32 heteroatoms. The van der Waals surface area contributed by atoms with Gasteiger partial charge in [0.15, 0.2) is 11.5 Å². The Morgan fingerprint density at radius 3 is 1.23 bits per heavy atom. The molecule has 0 fully saturated rings. The number of esters is 10. The van der Waals surface area contributed by atoms with Crippen molar-refractivity contribution in [3.05, 3.63) is 166 Å². The second-order valence-electron chi connectivity index (χ2n) is 16.4. The number of phenolic OH excluding ortho intramolecular Hbond substituents is 3. The van der Waals surface area contributed by atoms with Crippen molar-refractivity contribution < 1.29 is 139 Å². The number of benzene rings is 4. The van der Waals surface area contributed by atoms with Crippen molar-refractivity contribution in [1.82, 2.24) is 0 Å². The topological polar surface area (TPSA) is 459 Å². The van der Waals surface area contributed by atoms with Crippen molar-refractivity contribution in [2.75, 3.05) is 42.7 Å². The molecule has 0 spiro atoms. The van der Waals surface area contributed by atoms with Crippen LogP contribution in [-0.2, 0) is 86.0 Å². The van der Waals surface area contributed by atoms with Crippen LogP contribution in [0.2, 0.25) is 0 Å². The van der Waals surface area contributed by atoms with Crippen molar-refractivity contribution in [3.63, 3.8) is 0 Å². The summed E-state index contributed by atoms with van der Waals surface area (Å²) in [5, 5.41) is 44.9. The number of phenols is 3. The minimum atomic E-state index is -1.26. The summed E-state index contributed by atoms with van der Waals surface area (Å²) in [6.45, 7) is 0. The Morgan fingerprint density at radius 1 is 0.391 bits per heavy atom. The maximum absolute atomic E-state index is 14.1. The molecule has 0 amide bonds. The zero-order valence-electron chi connectivity index (χ0n) is 48.1. The van der Waals surface area contributed by atoms with E-state index in [2.05, 4.69) is 28.4 Å². The predicted octanol–water partition coefficient (Wildman–Crippen LogP) is 4.56. The number of aromatic hydroxyl groups is 4. The largest absolute Gasteiger partial charge is 0.508 e. The standard InChI is InChI=1S/C35H26O18.C15H10O6.C5H5ClO3.C5H6O4/c1-45-24(36)9-13-28(40)49-20-7-5-19(6-8-20)34-35(53-31(43)16-12-27(39)48-4)33(44)32-22(51-30(42)15-11-26(38)47-3)17-21(18-23(32)52-34)50-29(41)14-10-25(37)46-2;16-8-3-1-7(2-4-8)15-14(20)13(19)12-10(18)5-9(17)6-11(12)21-15;2*1-9-5(8)3-2-4(6)7/h5-18H,1-4H3;1-6,16-18,20H;2-3H,1H3;2-3H,1H3,(H,6,7)/b13-9+,14-10+,15-11+,16-12+;;2*3-2+. The van der Waals surface area contributed by atoms with Crippen LogP contribution in [0.5, 0.6) is 46.0 Å². The van der Waals surface area contributed by atoms with E-state index in [0.717, 1.165) is 83.1 Å². The minimum absolute atomic E-state index is 0.0246. The van der Waals surface area contributed by atoms with Gasteiger partial charge in [-0.15, -0.1) is 0 Å². The fourth-order valence-corrected chi connectivity index (χ4v) is 6.29. The Kier molecular flexibility index (Phi) is 28.9. The molecule has 0 aliphatic heterocycles. The Labute approximate surface area is 519 Å². The molecule has 0 radical (unpaired) electrons. The van der Waals surface area contributed by atoms with E-state index in [1.165, 1.54) is 68.8 Å². The van der Waals surface area contributed by atoms with E-state index in [1.54, 1.807) is 0 Å². The predicted molar refractivity (Wildman–Crippen MR) is 310 cm³/mol. The number of fused-ring (bicyclic) bond motifs is 2. The summed E-state index contributed by atoms with van der Waals surface area (Å²) < 4.78 is 58.2. The van der Waals surface area contributed by atoms with Crippen molar-refractivity contribution in [1.29, 1.82) is 0 Å². The number of halogens is 1. The molecule has 6 rings (SSSR count). The lowest BCUT2D eigenvalue weighted by atomic mass is 10.1.